The molecule has 98 heavy (non-hydrogen) atoms. The number of unbranched alkanes of at least 4 members (excludes halogenated alkanes) is 47. The molecule has 0 radical (unpaired) electrons. The zero-order valence-corrected chi connectivity index (χ0v) is 65.9. The van der Waals surface area contributed by atoms with Crippen LogP contribution in [-0.4, -0.2) is 96.7 Å². The Kier molecular flexibility index (Phi) is 69.3. The van der Waals surface area contributed by atoms with Crippen LogP contribution in [0, 0.1) is 11.8 Å². The van der Waals surface area contributed by atoms with E-state index in [4.69, 9.17) is 37.0 Å². The number of hydrogen-bond donors (Lipinski definition) is 3. The van der Waals surface area contributed by atoms with E-state index in [1.807, 2.05) is 0 Å². The molecule has 0 amide bonds. The Morgan fingerprint density at radius 3 is 0.776 bits per heavy atom. The van der Waals surface area contributed by atoms with Crippen LogP contribution in [0.5, 0.6) is 0 Å². The molecule has 0 aromatic carbocycles. The first-order valence-electron chi connectivity index (χ1n) is 41.0. The Morgan fingerprint density at radius 2 is 0.520 bits per heavy atom. The Balaban J connectivity index is 5.14. The average Bonchev–Trinajstić information content (AvgIpc) is 1.05. The fraction of sp³-hybridized carbons (Fsp3) is 0.949. The number of carbonyl (C=O) groups is 4. The number of aliphatic hydroxyl groups excluding tert-OH is 1. The molecule has 0 aromatic heterocycles. The van der Waals surface area contributed by atoms with Crippen molar-refractivity contribution in [3.8, 4) is 0 Å². The van der Waals surface area contributed by atoms with Gasteiger partial charge >= 0.3 is 39.5 Å². The first-order chi connectivity index (χ1) is 47.4. The van der Waals surface area contributed by atoms with Gasteiger partial charge in [0.25, 0.3) is 0 Å². The molecule has 0 aliphatic carbocycles. The van der Waals surface area contributed by atoms with Crippen molar-refractivity contribution >= 4 is 39.5 Å². The predicted octanol–water partition coefficient (Wildman–Crippen LogP) is 23.5. The number of esters is 4. The molecule has 0 aromatic rings. The highest BCUT2D eigenvalue weighted by Crippen LogP contribution is 2.45. The zero-order valence-electron chi connectivity index (χ0n) is 64.1. The Bertz CT molecular complexity index is 1890. The molecular weight excluding hydrogens is 1280 g/mol. The Labute approximate surface area is 600 Å². The van der Waals surface area contributed by atoms with Gasteiger partial charge in [0.2, 0.25) is 0 Å². The number of carbonyl (C=O) groups excluding carboxylic acids is 4. The molecule has 0 saturated carbocycles. The largest absolute Gasteiger partial charge is 0.472 e. The van der Waals surface area contributed by atoms with E-state index in [2.05, 4.69) is 41.5 Å². The monoisotopic (exact) mass is 1440 g/mol. The van der Waals surface area contributed by atoms with Gasteiger partial charge in [-0.15, -0.1) is 0 Å². The van der Waals surface area contributed by atoms with Crippen LogP contribution >= 0.6 is 15.6 Å². The predicted molar refractivity (Wildman–Crippen MR) is 400 cm³/mol. The third kappa shape index (κ3) is 71.1. The molecule has 0 rings (SSSR count). The molecular formula is C79H154O17P2. The highest BCUT2D eigenvalue weighted by molar-refractivity contribution is 7.47. The number of aliphatic hydroxyl groups is 1. The third-order valence-electron chi connectivity index (χ3n) is 18.8. The second-order valence-electron chi connectivity index (χ2n) is 29.2. The number of hydrogen-bond acceptors (Lipinski definition) is 15. The van der Waals surface area contributed by atoms with Crippen LogP contribution in [0.25, 0.3) is 0 Å². The van der Waals surface area contributed by atoms with Gasteiger partial charge in [0.05, 0.1) is 26.4 Å². The van der Waals surface area contributed by atoms with Crippen LogP contribution in [0.4, 0.5) is 0 Å². The summed E-state index contributed by atoms with van der Waals surface area (Å²) in [7, 11) is -9.91. The minimum atomic E-state index is -4.96. The van der Waals surface area contributed by atoms with E-state index < -0.39 is 97.5 Å². The molecule has 0 heterocycles. The lowest BCUT2D eigenvalue weighted by molar-refractivity contribution is -0.161. The maximum atomic E-state index is 13.1. The second-order valence-corrected chi connectivity index (χ2v) is 32.1. The van der Waals surface area contributed by atoms with Crippen molar-refractivity contribution in [1.82, 2.24) is 0 Å². The fourth-order valence-electron chi connectivity index (χ4n) is 12.2. The van der Waals surface area contributed by atoms with Gasteiger partial charge in [-0.2, -0.15) is 0 Å². The fourth-order valence-corrected chi connectivity index (χ4v) is 13.7. The highest BCUT2D eigenvalue weighted by Gasteiger charge is 2.30. The van der Waals surface area contributed by atoms with Crippen molar-refractivity contribution in [3.63, 3.8) is 0 Å². The molecule has 0 bridgehead atoms. The van der Waals surface area contributed by atoms with Crippen molar-refractivity contribution in [2.24, 2.45) is 11.8 Å². The van der Waals surface area contributed by atoms with Crippen molar-refractivity contribution < 1.29 is 80.2 Å². The smallest absolute Gasteiger partial charge is 0.462 e. The van der Waals surface area contributed by atoms with E-state index >= 15 is 0 Å². The van der Waals surface area contributed by atoms with E-state index in [-0.39, 0.29) is 25.7 Å². The minimum Gasteiger partial charge on any atom is -0.462 e. The second kappa shape index (κ2) is 70.7. The van der Waals surface area contributed by atoms with Crippen LogP contribution in [0.15, 0.2) is 0 Å². The molecule has 582 valence electrons. The maximum absolute atomic E-state index is 13.1. The SMILES string of the molecule is CCCCCCCCCCCC(=O)O[C@H](COC(=O)CCCCCCCCCC)COP(=O)(O)OC[C@H](O)COP(=O)(O)OC[C@@H](COC(=O)CCCCCCCCCCCCCCCCCCC(C)C)OC(=O)CCCCCCCCCCCCCCCCCCCCC(C)CC. The lowest BCUT2D eigenvalue weighted by Gasteiger charge is -2.21. The van der Waals surface area contributed by atoms with Crippen LogP contribution in [0.3, 0.4) is 0 Å². The van der Waals surface area contributed by atoms with Crippen LogP contribution in [0.2, 0.25) is 0 Å². The lowest BCUT2D eigenvalue weighted by Crippen LogP contribution is -2.30. The van der Waals surface area contributed by atoms with E-state index in [9.17, 15) is 43.2 Å². The number of phosphoric acid groups is 2. The van der Waals surface area contributed by atoms with Crippen molar-refractivity contribution in [2.45, 2.75) is 432 Å². The summed E-state index contributed by atoms with van der Waals surface area (Å²) in [5.74, 6) is -0.433. The van der Waals surface area contributed by atoms with Gasteiger partial charge in [-0.1, -0.05) is 363 Å². The summed E-state index contributed by atoms with van der Waals surface area (Å²) in [6.07, 6.45) is 59.9. The number of phosphoric ester groups is 2. The third-order valence-corrected chi connectivity index (χ3v) is 20.7. The molecule has 19 heteroatoms. The summed E-state index contributed by atoms with van der Waals surface area (Å²) in [5.41, 5.74) is 0. The quantitative estimate of drug-likeness (QED) is 0.0222. The van der Waals surface area contributed by atoms with Gasteiger partial charge < -0.3 is 33.8 Å². The molecule has 0 fully saturated rings. The summed E-state index contributed by atoms with van der Waals surface area (Å²) in [4.78, 5) is 72.7. The topological polar surface area (TPSA) is 237 Å². The van der Waals surface area contributed by atoms with E-state index in [0.717, 1.165) is 108 Å². The summed E-state index contributed by atoms with van der Waals surface area (Å²) < 4.78 is 68.4. The van der Waals surface area contributed by atoms with Crippen molar-refractivity contribution in [2.75, 3.05) is 39.6 Å². The molecule has 0 aliphatic heterocycles. The summed E-state index contributed by atoms with van der Waals surface area (Å²) in [6, 6.07) is 0. The molecule has 3 N–H and O–H groups in total. The summed E-state index contributed by atoms with van der Waals surface area (Å²) in [5, 5.41) is 10.6. The lowest BCUT2D eigenvalue weighted by atomic mass is 9.99. The summed E-state index contributed by atoms with van der Waals surface area (Å²) in [6.45, 7) is 9.67. The average molecular weight is 1440 g/mol. The van der Waals surface area contributed by atoms with Gasteiger partial charge in [0.15, 0.2) is 12.2 Å². The van der Waals surface area contributed by atoms with Crippen LogP contribution in [-0.2, 0) is 65.4 Å². The van der Waals surface area contributed by atoms with Crippen LogP contribution < -0.4 is 0 Å². The minimum absolute atomic E-state index is 0.106. The summed E-state index contributed by atoms with van der Waals surface area (Å²) >= 11 is 0. The van der Waals surface area contributed by atoms with Gasteiger partial charge in [-0.3, -0.25) is 37.3 Å². The first-order valence-corrected chi connectivity index (χ1v) is 44.0. The zero-order chi connectivity index (χ0) is 72.1. The van der Waals surface area contributed by atoms with Gasteiger partial charge in [-0.25, -0.2) is 9.13 Å². The van der Waals surface area contributed by atoms with Crippen molar-refractivity contribution in [3.05, 3.63) is 0 Å². The van der Waals surface area contributed by atoms with Crippen molar-refractivity contribution in [1.29, 1.82) is 0 Å². The number of rotatable bonds is 78. The van der Waals surface area contributed by atoms with E-state index in [0.29, 0.717) is 25.7 Å². The van der Waals surface area contributed by atoms with Gasteiger partial charge in [0.1, 0.15) is 19.3 Å². The Morgan fingerprint density at radius 1 is 0.296 bits per heavy atom. The molecule has 0 saturated heterocycles. The van der Waals surface area contributed by atoms with E-state index in [1.54, 1.807) is 0 Å². The standard InChI is InChI=1S/C79H154O17P2/c1-7-10-12-14-16-36-45-51-57-63-78(83)95-74(67-89-76(81)61-55-49-43-17-15-13-11-8-2)69-93-97(85,86)91-65-73(80)66-92-98(87,88)94-70-75(68-90-77(82)62-56-50-44-39-34-30-26-23-22-24-28-32-37-41-47-53-59-71(4)5)96-79(84)64-58-52-46-40-35-31-27-21-19-18-20-25-29-33-38-42-48-54-60-72(6)9-3/h71-75,80H,7-70H2,1-6H3,(H,85,86)(H,87,88)/t72?,73-,74+,75+/m0/s1. The van der Waals surface area contributed by atoms with E-state index in [1.165, 1.54) is 225 Å². The Hall–Kier alpha value is -1.94. The normalized spacial score (nSPS) is 14.2. The first kappa shape index (κ1) is 96.1. The molecule has 3 unspecified atom stereocenters. The maximum Gasteiger partial charge on any atom is 0.472 e. The van der Waals surface area contributed by atoms with Gasteiger partial charge in [0, 0.05) is 25.7 Å². The van der Waals surface area contributed by atoms with Crippen LogP contribution in [0.1, 0.15) is 414 Å². The van der Waals surface area contributed by atoms with Gasteiger partial charge in [-0.05, 0) is 37.5 Å². The molecule has 17 nitrogen and oxygen atoms in total. The molecule has 0 aliphatic rings. The highest BCUT2D eigenvalue weighted by atomic mass is 31.2. The number of ether oxygens (including phenoxy) is 4. The molecule has 0 spiro atoms. The molecule has 6 atom stereocenters.